The SMILES string of the molecule is Cc1sc(-c2ccccc2)nc1CNc1ccc(OCC(=O)O)c(F)c1. The number of benzene rings is 2. The summed E-state index contributed by atoms with van der Waals surface area (Å²) >= 11 is 1.62. The third kappa shape index (κ3) is 4.37. The van der Waals surface area contributed by atoms with Crippen molar-refractivity contribution in [2.75, 3.05) is 11.9 Å². The van der Waals surface area contributed by atoms with Crippen molar-refractivity contribution in [1.82, 2.24) is 4.98 Å². The van der Waals surface area contributed by atoms with Crippen LogP contribution in [0.5, 0.6) is 5.75 Å². The number of carboxylic acid groups (broad SMARTS) is 1. The maximum Gasteiger partial charge on any atom is 0.341 e. The molecule has 0 aliphatic heterocycles. The highest BCUT2D eigenvalue weighted by Crippen LogP contribution is 2.28. The topological polar surface area (TPSA) is 71.5 Å². The molecular weight excluding hydrogens is 355 g/mol. The first-order valence-electron chi connectivity index (χ1n) is 7.92. The van der Waals surface area contributed by atoms with Crippen LogP contribution >= 0.6 is 11.3 Å². The second-order valence-corrected chi connectivity index (χ2v) is 6.77. The van der Waals surface area contributed by atoms with Gasteiger partial charge in [-0.25, -0.2) is 14.2 Å². The van der Waals surface area contributed by atoms with E-state index < -0.39 is 18.4 Å². The van der Waals surface area contributed by atoms with Gasteiger partial charge in [0.25, 0.3) is 0 Å². The number of halogens is 1. The lowest BCUT2D eigenvalue weighted by molar-refractivity contribution is -0.139. The summed E-state index contributed by atoms with van der Waals surface area (Å²) in [4.78, 5) is 16.2. The van der Waals surface area contributed by atoms with Crippen molar-refractivity contribution in [3.8, 4) is 16.3 Å². The van der Waals surface area contributed by atoms with Crippen LogP contribution in [0.25, 0.3) is 10.6 Å². The molecule has 134 valence electrons. The summed E-state index contributed by atoms with van der Waals surface area (Å²) in [5.74, 6) is -1.86. The summed E-state index contributed by atoms with van der Waals surface area (Å²) in [5.41, 5.74) is 2.54. The van der Waals surface area contributed by atoms with Crippen LogP contribution in [0.1, 0.15) is 10.6 Å². The van der Waals surface area contributed by atoms with E-state index in [1.165, 1.54) is 12.1 Å². The zero-order valence-corrected chi connectivity index (χ0v) is 14.8. The molecule has 0 spiro atoms. The first-order chi connectivity index (χ1) is 12.5. The first-order valence-corrected chi connectivity index (χ1v) is 8.74. The van der Waals surface area contributed by atoms with Crippen LogP contribution in [-0.2, 0) is 11.3 Å². The Morgan fingerprint density at radius 1 is 1.27 bits per heavy atom. The van der Waals surface area contributed by atoms with Crippen molar-refractivity contribution in [3.63, 3.8) is 0 Å². The van der Waals surface area contributed by atoms with Crippen LogP contribution in [0.2, 0.25) is 0 Å². The molecule has 1 aromatic heterocycles. The maximum atomic E-state index is 14.0. The molecule has 0 atom stereocenters. The fraction of sp³-hybridized carbons (Fsp3) is 0.158. The van der Waals surface area contributed by atoms with Gasteiger partial charge in [0.2, 0.25) is 0 Å². The van der Waals surface area contributed by atoms with E-state index in [1.807, 2.05) is 37.3 Å². The van der Waals surface area contributed by atoms with Crippen molar-refractivity contribution in [1.29, 1.82) is 0 Å². The largest absolute Gasteiger partial charge is 0.479 e. The number of carbonyl (C=O) groups is 1. The molecule has 0 amide bonds. The van der Waals surface area contributed by atoms with Crippen molar-refractivity contribution >= 4 is 23.0 Å². The number of nitrogens with zero attached hydrogens (tertiary/aromatic N) is 1. The van der Waals surface area contributed by atoms with Gasteiger partial charge in [0.1, 0.15) is 5.01 Å². The highest BCUT2D eigenvalue weighted by atomic mass is 32.1. The van der Waals surface area contributed by atoms with Crippen molar-refractivity contribution in [2.45, 2.75) is 13.5 Å². The molecule has 3 rings (SSSR count). The van der Waals surface area contributed by atoms with E-state index in [-0.39, 0.29) is 5.75 Å². The smallest absolute Gasteiger partial charge is 0.341 e. The number of nitrogens with one attached hydrogen (secondary N) is 1. The standard InChI is InChI=1S/C19H17FN2O3S/c1-12-16(22-19(26-12)13-5-3-2-4-6-13)10-21-14-7-8-17(15(20)9-14)25-11-18(23)24/h2-9,21H,10-11H2,1H3,(H,23,24). The van der Waals surface area contributed by atoms with Crippen LogP contribution in [0.15, 0.2) is 48.5 Å². The van der Waals surface area contributed by atoms with Crippen molar-refractivity contribution in [3.05, 3.63) is 64.9 Å². The summed E-state index contributed by atoms with van der Waals surface area (Å²) in [5, 5.41) is 12.7. The summed E-state index contributed by atoms with van der Waals surface area (Å²) in [6, 6.07) is 14.3. The second kappa shape index (κ2) is 7.97. The number of aliphatic carboxylic acids is 1. The van der Waals surface area contributed by atoms with Crippen LogP contribution < -0.4 is 10.1 Å². The predicted molar refractivity (Wildman–Crippen MR) is 99.1 cm³/mol. The molecule has 0 saturated carbocycles. The zero-order chi connectivity index (χ0) is 18.5. The lowest BCUT2D eigenvalue weighted by Gasteiger charge is -2.08. The Kier molecular flexibility index (Phi) is 5.48. The van der Waals surface area contributed by atoms with Gasteiger partial charge in [-0.2, -0.15) is 0 Å². The molecule has 0 fully saturated rings. The number of carboxylic acids is 1. The maximum absolute atomic E-state index is 14.0. The quantitative estimate of drug-likeness (QED) is 0.646. The average molecular weight is 372 g/mol. The predicted octanol–water partition coefficient (Wildman–Crippen LogP) is 4.33. The van der Waals surface area contributed by atoms with Crippen LogP contribution in [0, 0.1) is 12.7 Å². The molecule has 3 aromatic rings. The molecule has 0 saturated heterocycles. The van der Waals surface area contributed by atoms with E-state index in [9.17, 15) is 9.18 Å². The van der Waals surface area contributed by atoms with Gasteiger partial charge in [-0.15, -0.1) is 11.3 Å². The normalized spacial score (nSPS) is 10.5. The third-order valence-corrected chi connectivity index (χ3v) is 4.72. The number of rotatable bonds is 7. The van der Waals surface area contributed by atoms with Crippen molar-refractivity contribution in [2.24, 2.45) is 0 Å². The number of thiazole rings is 1. The molecule has 0 unspecified atom stereocenters. The molecule has 0 bridgehead atoms. The molecule has 2 N–H and O–H groups in total. The Hall–Kier alpha value is -2.93. The van der Waals surface area contributed by atoms with Gasteiger partial charge in [0, 0.05) is 22.2 Å². The highest BCUT2D eigenvalue weighted by molar-refractivity contribution is 7.15. The van der Waals surface area contributed by atoms with Gasteiger partial charge in [-0.3, -0.25) is 0 Å². The minimum atomic E-state index is -1.15. The van der Waals surface area contributed by atoms with E-state index in [0.29, 0.717) is 12.2 Å². The molecule has 0 aliphatic rings. The van der Waals surface area contributed by atoms with E-state index in [1.54, 1.807) is 17.4 Å². The molecule has 0 radical (unpaired) electrons. The fourth-order valence-electron chi connectivity index (χ4n) is 2.35. The monoisotopic (exact) mass is 372 g/mol. The van der Waals surface area contributed by atoms with E-state index in [2.05, 4.69) is 10.3 Å². The lowest BCUT2D eigenvalue weighted by Crippen LogP contribution is -2.10. The Morgan fingerprint density at radius 2 is 2.04 bits per heavy atom. The molecular formula is C19H17FN2O3S. The van der Waals surface area contributed by atoms with E-state index in [0.717, 1.165) is 21.1 Å². The number of hydrogen-bond donors (Lipinski definition) is 2. The number of aromatic nitrogens is 1. The minimum absolute atomic E-state index is 0.0887. The minimum Gasteiger partial charge on any atom is -0.479 e. The Labute approximate surface area is 154 Å². The Balaban J connectivity index is 1.67. The summed E-state index contributed by atoms with van der Waals surface area (Å²) in [7, 11) is 0. The van der Waals surface area contributed by atoms with Gasteiger partial charge in [0.05, 0.1) is 12.2 Å². The Morgan fingerprint density at radius 3 is 2.73 bits per heavy atom. The van der Waals surface area contributed by atoms with Crippen molar-refractivity contribution < 1.29 is 19.0 Å². The first kappa shape index (κ1) is 17.9. The van der Waals surface area contributed by atoms with E-state index in [4.69, 9.17) is 9.84 Å². The molecule has 7 heteroatoms. The molecule has 0 aliphatic carbocycles. The average Bonchev–Trinajstić information content (AvgIpc) is 3.00. The Bertz CT molecular complexity index is 912. The molecule has 1 heterocycles. The number of anilines is 1. The summed E-state index contributed by atoms with van der Waals surface area (Å²) in [6.45, 7) is 1.89. The molecule has 5 nitrogen and oxygen atoms in total. The molecule has 26 heavy (non-hydrogen) atoms. The van der Waals surface area contributed by atoms with Crippen LogP contribution in [-0.4, -0.2) is 22.7 Å². The number of aryl methyl sites for hydroxylation is 1. The summed E-state index contributed by atoms with van der Waals surface area (Å²) in [6.07, 6.45) is 0. The number of ether oxygens (including phenoxy) is 1. The lowest BCUT2D eigenvalue weighted by atomic mass is 10.2. The van der Waals surface area contributed by atoms with Gasteiger partial charge >= 0.3 is 5.97 Å². The fourth-order valence-corrected chi connectivity index (χ4v) is 3.28. The molecule has 2 aromatic carbocycles. The van der Waals surface area contributed by atoms with E-state index >= 15 is 0 Å². The van der Waals surface area contributed by atoms with Crippen LogP contribution in [0.3, 0.4) is 0 Å². The van der Waals surface area contributed by atoms with Gasteiger partial charge in [0.15, 0.2) is 18.2 Å². The second-order valence-electron chi connectivity index (χ2n) is 5.57. The summed E-state index contributed by atoms with van der Waals surface area (Å²) < 4.78 is 18.8. The highest BCUT2D eigenvalue weighted by Gasteiger charge is 2.10. The third-order valence-electron chi connectivity index (χ3n) is 3.66. The van der Waals surface area contributed by atoms with Crippen LogP contribution in [0.4, 0.5) is 10.1 Å². The zero-order valence-electron chi connectivity index (χ0n) is 14.0. The number of hydrogen-bond acceptors (Lipinski definition) is 5. The van der Waals surface area contributed by atoms with Gasteiger partial charge in [-0.05, 0) is 19.1 Å². The van der Waals surface area contributed by atoms with Gasteiger partial charge in [-0.1, -0.05) is 30.3 Å². The van der Waals surface area contributed by atoms with Gasteiger partial charge < -0.3 is 15.2 Å².